The van der Waals surface area contributed by atoms with Gasteiger partial charge in [0.25, 0.3) is 0 Å². The molecule has 1 spiro atoms. The molecular formula is C32H33BrN2O4S. The summed E-state index contributed by atoms with van der Waals surface area (Å²) < 4.78 is 7.54. The lowest BCUT2D eigenvalue weighted by molar-refractivity contribution is -0.197. The lowest BCUT2D eigenvalue weighted by Crippen LogP contribution is -2.77. The van der Waals surface area contributed by atoms with Crippen LogP contribution < -0.4 is 4.74 Å². The third kappa shape index (κ3) is 3.91. The van der Waals surface area contributed by atoms with Crippen molar-refractivity contribution < 1.29 is 19.7 Å². The minimum atomic E-state index is -1.08. The fourth-order valence-electron chi connectivity index (χ4n) is 7.98. The van der Waals surface area contributed by atoms with E-state index in [-0.39, 0.29) is 29.8 Å². The summed E-state index contributed by atoms with van der Waals surface area (Å²) in [4.78, 5) is 18.6. The van der Waals surface area contributed by atoms with Crippen molar-refractivity contribution in [1.82, 2.24) is 9.80 Å². The fraction of sp³-hybridized carbons (Fsp3) is 0.406. The molecule has 7 rings (SSSR count). The van der Waals surface area contributed by atoms with Gasteiger partial charge in [-0.25, -0.2) is 0 Å². The number of ether oxygens (including phenoxy) is 1. The second-order valence-electron chi connectivity index (χ2n) is 11.7. The maximum absolute atomic E-state index is 13.3. The quantitative estimate of drug-likeness (QED) is 0.373. The molecule has 2 N–H and O–H groups in total. The number of thiophene rings is 1. The molecule has 1 saturated heterocycles. The maximum Gasteiger partial charge on any atom is 0.246 e. The van der Waals surface area contributed by atoms with Gasteiger partial charge in [0, 0.05) is 58.5 Å². The molecule has 3 heterocycles. The van der Waals surface area contributed by atoms with Crippen molar-refractivity contribution in [2.75, 3.05) is 20.1 Å². The molecule has 208 valence electrons. The summed E-state index contributed by atoms with van der Waals surface area (Å²) in [6.45, 7) is 1.73. The van der Waals surface area contributed by atoms with E-state index in [1.807, 2.05) is 36.7 Å². The highest BCUT2D eigenvalue weighted by Gasteiger charge is 2.72. The molecule has 6 nitrogen and oxygen atoms in total. The number of nitrogens with zero attached hydrogens (tertiary/aromatic N) is 2. The van der Waals surface area contributed by atoms with Crippen molar-refractivity contribution in [3.63, 3.8) is 0 Å². The summed E-state index contributed by atoms with van der Waals surface area (Å²) >= 11 is 5.04. The summed E-state index contributed by atoms with van der Waals surface area (Å²) in [6.07, 6.45) is 6.64. The van der Waals surface area contributed by atoms with E-state index >= 15 is 0 Å². The van der Waals surface area contributed by atoms with E-state index in [1.54, 1.807) is 28.4 Å². The SMILES string of the molecule is CN(C(=O)/C=C/c1cc(Br)cs1)C1CC2Oc3c(O)ccc4c3[C@@]23CCN(CCc2ccccc2)[C@H](C4)[C@]3(O)C1. The van der Waals surface area contributed by atoms with Crippen molar-refractivity contribution in [1.29, 1.82) is 0 Å². The minimum absolute atomic E-state index is 0.0879. The highest BCUT2D eigenvalue weighted by Crippen LogP contribution is 2.65. The summed E-state index contributed by atoms with van der Waals surface area (Å²) in [7, 11) is 1.83. The molecule has 4 aliphatic rings. The van der Waals surface area contributed by atoms with Crippen LogP contribution in [-0.2, 0) is 23.1 Å². The fourth-order valence-corrected chi connectivity index (χ4v) is 9.31. The summed E-state index contributed by atoms with van der Waals surface area (Å²) in [5.74, 6) is 0.589. The Morgan fingerprint density at radius 2 is 2.10 bits per heavy atom. The standard InChI is InChI=1S/C32H33BrN2O4S/c1-34(28(37)10-8-24-16-22(33)19-40-24)23-17-27-31-12-14-35(13-11-20-5-3-2-4-6-20)26(32(31,38)18-23)15-21-7-9-25(36)30(39-27)29(21)31/h2-10,16,19,23,26-27,36,38H,11-15,17-18H2,1H3/b10-8+/t23?,26-,27?,31-,32-/m1/s1. The Labute approximate surface area is 247 Å². The molecule has 2 aliphatic heterocycles. The van der Waals surface area contributed by atoms with Crippen LogP contribution in [0.3, 0.4) is 0 Å². The van der Waals surface area contributed by atoms with Crippen LogP contribution in [0.2, 0.25) is 0 Å². The Hall–Kier alpha value is -2.65. The number of amides is 1. The molecule has 2 unspecified atom stereocenters. The van der Waals surface area contributed by atoms with E-state index in [0.717, 1.165) is 40.8 Å². The molecule has 0 radical (unpaired) electrons. The van der Waals surface area contributed by atoms with Gasteiger partial charge in [0.15, 0.2) is 11.5 Å². The van der Waals surface area contributed by atoms with Crippen LogP contribution in [0.5, 0.6) is 11.5 Å². The third-order valence-electron chi connectivity index (χ3n) is 9.89. The lowest BCUT2D eigenvalue weighted by atomic mass is 9.48. The molecule has 40 heavy (non-hydrogen) atoms. The molecule has 1 aromatic heterocycles. The molecule has 5 atom stereocenters. The minimum Gasteiger partial charge on any atom is -0.504 e. The first-order valence-electron chi connectivity index (χ1n) is 14.0. The number of likely N-dealkylation sites (tertiary alicyclic amines) is 1. The molecule has 1 amide bonds. The van der Waals surface area contributed by atoms with Crippen LogP contribution in [0.25, 0.3) is 6.08 Å². The van der Waals surface area contributed by atoms with Crippen LogP contribution in [-0.4, -0.2) is 69.8 Å². The zero-order chi connectivity index (χ0) is 27.6. The first-order chi connectivity index (χ1) is 19.3. The number of piperidine rings is 1. The van der Waals surface area contributed by atoms with Crippen molar-refractivity contribution in [3.05, 3.63) is 86.0 Å². The summed E-state index contributed by atoms with van der Waals surface area (Å²) in [5.41, 5.74) is 1.80. The largest absolute Gasteiger partial charge is 0.504 e. The first kappa shape index (κ1) is 26.3. The van der Waals surface area contributed by atoms with Gasteiger partial charge >= 0.3 is 0 Å². The number of carbonyl (C=O) groups excluding carboxylic acids is 1. The zero-order valence-electron chi connectivity index (χ0n) is 22.4. The highest BCUT2D eigenvalue weighted by molar-refractivity contribution is 9.10. The average Bonchev–Trinajstić information content (AvgIpc) is 3.52. The monoisotopic (exact) mass is 620 g/mol. The lowest BCUT2D eigenvalue weighted by Gasteiger charge is -2.64. The van der Waals surface area contributed by atoms with Crippen molar-refractivity contribution in [3.8, 4) is 11.5 Å². The Bertz CT molecular complexity index is 1490. The second-order valence-corrected chi connectivity index (χ2v) is 13.6. The van der Waals surface area contributed by atoms with E-state index in [4.69, 9.17) is 4.74 Å². The van der Waals surface area contributed by atoms with Gasteiger partial charge in [-0.15, -0.1) is 11.3 Å². The van der Waals surface area contributed by atoms with E-state index in [1.165, 1.54) is 11.1 Å². The van der Waals surface area contributed by atoms with E-state index in [2.05, 4.69) is 45.1 Å². The molecular weight excluding hydrogens is 588 g/mol. The van der Waals surface area contributed by atoms with Gasteiger partial charge in [-0.2, -0.15) is 0 Å². The average molecular weight is 622 g/mol. The Kier molecular flexibility index (Phi) is 6.38. The summed E-state index contributed by atoms with van der Waals surface area (Å²) in [6, 6.07) is 16.0. The number of likely N-dealkylation sites (N-methyl/N-ethyl adjacent to an activating group) is 1. The second kappa shape index (κ2) is 9.72. The van der Waals surface area contributed by atoms with Crippen LogP contribution in [0.4, 0.5) is 0 Å². The van der Waals surface area contributed by atoms with E-state index < -0.39 is 11.0 Å². The Morgan fingerprint density at radius 3 is 2.88 bits per heavy atom. The molecule has 2 aliphatic carbocycles. The summed E-state index contributed by atoms with van der Waals surface area (Å²) in [5, 5.41) is 25.7. The maximum atomic E-state index is 13.3. The number of phenols is 1. The van der Waals surface area contributed by atoms with Gasteiger partial charge in [0.1, 0.15) is 6.10 Å². The number of hydrogen-bond donors (Lipinski definition) is 2. The number of benzene rings is 2. The number of phenolic OH excluding ortho intramolecular Hbond substituents is 1. The molecule has 2 aromatic carbocycles. The van der Waals surface area contributed by atoms with Crippen LogP contribution in [0.1, 0.15) is 40.8 Å². The normalized spacial score (nSPS) is 30.2. The Morgan fingerprint density at radius 1 is 1.27 bits per heavy atom. The zero-order valence-corrected chi connectivity index (χ0v) is 24.8. The number of hydrogen-bond acceptors (Lipinski definition) is 6. The van der Waals surface area contributed by atoms with Gasteiger partial charge in [0.2, 0.25) is 5.91 Å². The molecule has 2 bridgehead atoms. The van der Waals surface area contributed by atoms with Crippen LogP contribution in [0.15, 0.2) is 64.5 Å². The molecule has 3 aromatic rings. The molecule has 8 heteroatoms. The molecule has 1 saturated carbocycles. The van der Waals surface area contributed by atoms with Gasteiger partial charge < -0.3 is 19.8 Å². The van der Waals surface area contributed by atoms with Gasteiger partial charge in [-0.1, -0.05) is 36.4 Å². The number of carbonyl (C=O) groups is 1. The number of aliphatic hydroxyl groups is 1. The number of rotatable bonds is 6. The predicted octanol–water partition coefficient (Wildman–Crippen LogP) is 5.15. The third-order valence-corrected chi connectivity index (χ3v) is 11.5. The van der Waals surface area contributed by atoms with Gasteiger partial charge in [-0.05, 0) is 77.5 Å². The van der Waals surface area contributed by atoms with E-state index in [9.17, 15) is 15.0 Å². The Balaban J connectivity index is 1.22. The van der Waals surface area contributed by atoms with Crippen LogP contribution in [0, 0.1) is 0 Å². The highest BCUT2D eigenvalue weighted by atomic mass is 79.9. The topological polar surface area (TPSA) is 73.2 Å². The first-order valence-corrected chi connectivity index (χ1v) is 15.7. The number of halogens is 1. The van der Waals surface area contributed by atoms with Crippen molar-refractivity contribution in [2.45, 2.75) is 61.3 Å². The molecule has 2 fully saturated rings. The van der Waals surface area contributed by atoms with Crippen LogP contribution >= 0.6 is 27.3 Å². The van der Waals surface area contributed by atoms with Crippen molar-refractivity contribution >= 4 is 39.2 Å². The van der Waals surface area contributed by atoms with E-state index in [0.29, 0.717) is 25.0 Å². The smallest absolute Gasteiger partial charge is 0.246 e. The predicted molar refractivity (Wildman–Crippen MR) is 160 cm³/mol. The van der Waals surface area contributed by atoms with Crippen molar-refractivity contribution in [2.24, 2.45) is 0 Å². The van der Waals surface area contributed by atoms with Gasteiger partial charge in [-0.3, -0.25) is 9.69 Å². The number of aromatic hydroxyl groups is 1. The van der Waals surface area contributed by atoms with Gasteiger partial charge in [0.05, 0.1) is 11.0 Å².